The smallest absolute Gasteiger partial charge is 0.266 e. The van der Waals surface area contributed by atoms with Crippen molar-refractivity contribution in [2.24, 2.45) is 0 Å². The minimum absolute atomic E-state index is 0.127. The molecule has 1 fully saturated rings. The predicted octanol–water partition coefficient (Wildman–Crippen LogP) is 1.28. The second-order valence-corrected chi connectivity index (χ2v) is 9.72. The van der Waals surface area contributed by atoms with Crippen molar-refractivity contribution in [1.29, 1.82) is 0 Å². The largest absolute Gasteiger partial charge is 0.352 e. The molecule has 1 aromatic carbocycles. The van der Waals surface area contributed by atoms with E-state index in [2.05, 4.69) is 15.4 Å². The zero-order chi connectivity index (χ0) is 22.2. The van der Waals surface area contributed by atoms with E-state index in [1.165, 1.54) is 10.4 Å². The van der Waals surface area contributed by atoms with Crippen LogP contribution in [0, 0.1) is 13.8 Å². The molecule has 4 rings (SSSR count). The van der Waals surface area contributed by atoms with Crippen molar-refractivity contribution in [3.8, 4) is 0 Å². The maximum absolute atomic E-state index is 12.6. The van der Waals surface area contributed by atoms with Gasteiger partial charge in [-0.3, -0.25) is 14.7 Å². The van der Waals surface area contributed by atoms with Crippen LogP contribution in [0.5, 0.6) is 0 Å². The molecule has 3 aromatic rings. The molecule has 0 bridgehead atoms. The molecule has 0 atom stereocenters. The normalized spacial score (nSPS) is 14.9. The summed E-state index contributed by atoms with van der Waals surface area (Å²) in [7, 11) is -3.44. The molecule has 164 valence electrons. The fraction of sp³-hybridized carbons (Fsp3) is 0.381. The summed E-state index contributed by atoms with van der Waals surface area (Å²) < 4.78 is 28.3. The number of aromatic nitrogens is 3. The van der Waals surface area contributed by atoms with Gasteiger partial charge in [-0.2, -0.15) is 4.31 Å². The van der Waals surface area contributed by atoms with Gasteiger partial charge in [0.25, 0.3) is 5.56 Å². The van der Waals surface area contributed by atoms with Crippen LogP contribution in [-0.4, -0.2) is 46.3 Å². The first-order valence-corrected chi connectivity index (χ1v) is 11.6. The van der Waals surface area contributed by atoms with Gasteiger partial charge in [0.2, 0.25) is 15.9 Å². The van der Waals surface area contributed by atoms with E-state index in [0.29, 0.717) is 24.4 Å². The van der Waals surface area contributed by atoms with Gasteiger partial charge in [-0.25, -0.2) is 17.9 Å². The number of hydrogen-bond donors (Lipinski definition) is 2. The van der Waals surface area contributed by atoms with Crippen molar-refractivity contribution >= 4 is 21.6 Å². The fourth-order valence-corrected chi connectivity index (χ4v) is 5.41. The number of fused-ring (bicyclic) bond motifs is 1. The van der Waals surface area contributed by atoms with E-state index in [1.54, 1.807) is 28.8 Å². The maximum Gasteiger partial charge on any atom is 0.266 e. The molecule has 0 spiro atoms. The summed E-state index contributed by atoms with van der Waals surface area (Å²) in [6, 6.07) is 8.03. The van der Waals surface area contributed by atoms with Crippen molar-refractivity contribution < 1.29 is 13.2 Å². The summed E-state index contributed by atoms with van der Waals surface area (Å²) in [6.45, 7) is 5.07. The summed E-state index contributed by atoms with van der Waals surface area (Å²) in [5.74, 6) is -0.185. The highest BCUT2D eigenvalue weighted by Crippen LogP contribution is 2.21. The third kappa shape index (κ3) is 4.26. The zero-order valence-corrected chi connectivity index (χ0v) is 18.3. The number of sulfonamides is 1. The number of rotatable bonds is 6. The molecular formula is C21H25N5O4S. The standard InChI is InChI=1S/C21H25N5O4S/c1-14-18(15(2)26-19(23-14)12-21(28)24-26)11-20(27)22-13-16-5-7-17(8-6-16)31(29,30)25-9-3-4-10-25/h5-8,12H,3-4,9-11,13H2,1-2H3,(H,22,27)(H,24,28). The Morgan fingerprint density at radius 2 is 1.84 bits per heavy atom. The number of aryl methyl sites for hydroxylation is 2. The molecule has 1 saturated heterocycles. The van der Waals surface area contributed by atoms with Crippen LogP contribution in [-0.2, 0) is 27.8 Å². The number of nitrogens with zero attached hydrogens (tertiary/aromatic N) is 3. The number of amides is 1. The lowest BCUT2D eigenvalue weighted by Crippen LogP contribution is -2.28. The van der Waals surface area contributed by atoms with Gasteiger partial charge in [0, 0.05) is 42.7 Å². The number of carbonyl (C=O) groups excluding carboxylic acids is 1. The Balaban J connectivity index is 1.41. The average Bonchev–Trinajstić information content (AvgIpc) is 3.40. The molecule has 1 aliphatic rings. The van der Waals surface area contributed by atoms with Gasteiger partial charge in [-0.1, -0.05) is 12.1 Å². The van der Waals surface area contributed by atoms with E-state index >= 15 is 0 Å². The molecule has 1 amide bonds. The summed E-state index contributed by atoms with van der Waals surface area (Å²) in [4.78, 5) is 28.7. The van der Waals surface area contributed by atoms with Crippen LogP contribution in [0.1, 0.15) is 35.4 Å². The van der Waals surface area contributed by atoms with Crippen LogP contribution in [0.4, 0.5) is 0 Å². The van der Waals surface area contributed by atoms with Crippen molar-refractivity contribution in [2.75, 3.05) is 13.1 Å². The molecule has 10 heteroatoms. The monoisotopic (exact) mass is 443 g/mol. The van der Waals surface area contributed by atoms with Crippen LogP contribution >= 0.6 is 0 Å². The molecule has 2 N–H and O–H groups in total. The molecule has 3 heterocycles. The summed E-state index contributed by atoms with van der Waals surface area (Å²) in [5, 5.41) is 5.54. The maximum atomic E-state index is 12.6. The number of benzene rings is 1. The Morgan fingerprint density at radius 3 is 2.52 bits per heavy atom. The SMILES string of the molecule is Cc1nc2cc(=O)[nH]n2c(C)c1CC(=O)NCc1ccc(S(=O)(=O)N2CCCC2)cc1. The average molecular weight is 444 g/mol. The first kappa shape index (κ1) is 21.3. The molecule has 0 aliphatic carbocycles. The third-order valence-electron chi connectivity index (χ3n) is 5.66. The number of carbonyl (C=O) groups is 1. The molecule has 2 aromatic heterocycles. The molecule has 0 radical (unpaired) electrons. The van der Waals surface area contributed by atoms with E-state index in [1.807, 2.05) is 13.8 Å². The first-order valence-electron chi connectivity index (χ1n) is 10.2. The number of nitrogens with one attached hydrogen (secondary N) is 2. The van der Waals surface area contributed by atoms with E-state index in [4.69, 9.17) is 0 Å². The van der Waals surface area contributed by atoms with E-state index < -0.39 is 10.0 Å². The van der Waals surface area contributed by atoms with Gasteiger partial charge in [0.1, 0.15) is 0 Å². The quantitative estimate of drug-likeness (QED) is 0.595. The van der Waals surface area contributed by atoms with Gasteiger partial charge in [-0.05, 0) is 44.4 Å². The van der Waals surface area contributed by atoms with Crippen LogP contribution < -0.4 is 10.9 Å². The Bertz CT molecular complexity index is 1290. The first-order chi connectivity index (χ1) is 14.8. The van der Waals surface area contributed by atoms with Crippen LogP contribution in [0.2, 0.25) is 0 Å². The van der Waals surface area contributed by atoms with Crippen LogP contribution in [0.3, 0.4) is 0 Å². The van der Waals surface area contributed by atoms with Gasteiger partial charge < -0.3 is 5.32 Å². The Morgan fingerprint density at radius 1 is 1.16 bits per heavy atom. The zero-order valence-electron chi connectivity index (χ0n) is 17.5. The van der Waals surface area contributed by atoms with E-state index in [0.717, 1.165) is 29.7 Å². The highest BCUT2D eigenvalue weighted by Gasteiger charge is 2.26. The van der Waals surface area contributed by atoms with Gasteiger partial charge in [-0.15, -0.1) is 0 Å². The topological polar surface area (TPSA) is 117 Å². The predicted molar refractivity (Wildman–Crippen MR) is 115 cm³/mol. The Hall–Kier alpha value is -2.98. The Labute approximate surface area is 180 Å². The van der Waals surface area contributed by atoms with Gasteiger partial charge in [0.15, 0.2) is 5.65 Å². The number of hydrogen-bond acceptors (Lipinski definition) is 5. The summed E-state index contributed by atoms with van der Waals surface area (Å²) in [6.07, 6.45) is 1.92. The van der Waals surface area contributed by atoms with Gasteiger partial charge >= 0.3 is 0 Å². The van der Waals surface area contributed by atoms with Crippen LogP contribution in [0.15, 0.2) is 40.0 Å². The number of H-pyrrole nitrogens is 1. The summed E-state index contributed by atoms with van der Waals surface area (Å²) >= 11 is 0. The van der Waals surface area contributed by atoms with E-state index in [-0.39, 0.29) is 29.3 Å². The van der Waals surface area contributed by atoms with Gasteiger partial charge in [0.05, 0.1) is 11.3 Å². The van der Waals surface area contributed by atoms with Crippen molar-refractivity contribution in [3.63, 3.8) is 0 Å². The summed E-state index contributed by atoms with van der Waals surface area (Å²) in [5.41, 5.74) is 3.30. The minimum atomic E-state index is -3.44. The highest BCUT2D eigenvalue weighted by atomic mass is 32.2. The van der Waals surface area contributed by atoms with Crippen molar-refractivity contribution in [1.82, 2.24) is 24.2 Å². The molecule has 1 aliphatic heterocycles. The van der Waals surface area contributed by atoms with Crippen molar-refractivity contribution in [2.45, 2.75) is 44.6 Å². The highest BCUT2D eigenvalue weighted by molar-refractivity contribution is 7.89. The van der Waals surface area contributed by atoms with Crippen molar-refractivity contribution in [3.05, 3.63) is 63.2 Å². The third-order valence-corrected chi connectivity index (χ3v) is 7.57. The molecule has 0 unspecified atom stereocenters. The molecular weight excluding hydrogens is 418 g/mol. The van der Waals surface area contributed by atoms with Crippen LogP contribution in [0.25, 0.3) is 5.65 Å². The second-order valence-electron chi connectivity index (χ2n) is 7.78. The number of aromatic amines is 1. The molecule has 9 nitrogen and oxygen atoms in total. The minimum Gasteiger partial charge on any atom is -0.352 e. The van der Waals surface area contributed by atoms with E-state index in [9.17, 15) is 18.0 Å². The lowest BCUT2D eigenvalue weighted by Gasteiger charge is -2.15. The molecule has 31 heavy (non-hydrogen) atoms. The lowest BCUT2D eigenvalue weighted by molar-refractivity contribution is -0.120. The Kier molecular flexibility index (Phi) is 5.67. The molecule has 0 saturated carbocycles. The fourth-order valence-electron chi connectivity index (χ4n) is 3.89. The lowest BCUT2D eigenvalue weighted by atomic mass is 10.1. The second kappa shape index (κ2) is 8.27.